The van der Waals surface area contributed by atoms with Gasteiger partial charge in [0.25, 0.3) is 0 Å². The van der Waals surface area contributed by atoms with E-state index in [-0.39, 0.29) is 31.3 Å². The minimum atomic E-state index is -3.25. The van der Waals surface area contributed by atoms with Gasteiger partial charge in [-0.1, -0.05) is 0 Å². The van der Waals surface area contributed by atoms with Crippen molar-refractivity contribution in [2.24, 2.45) is 0 Å². The van der Waals surface area contributed by atoms with E-state index in [1.54, 1.807) is 30.2 Å². The summed E-state index contributed by atoms with van der Waals surface area (Å²) in [6.45, 7) is 1.19. The Balaban J connectivity index is 1.80. The van der Waals surface area contributed by atoms with Crippen molar-refractivity contribution in [3.05, 3.63) is 23.8 Å². The molecule has 0 spiro atoms. The summed E-state index contributed by atoms with van der Waals surface area (Å²) < 4.78 is 29.8. The molecule has 8 nitrogen and oxygen atoms in total. The lowest BCUT2D eigenvalue weighted by Gasteiger charge is -2.36. The van der Waals surface area contributed by atoms with Gasteiger partial charge in [0.2, 0.25) is 21.8 Å². The van der Waals surface area contributed by atoms with Gasteiger partial charge in [0, 0.05) is 38.3 Å². The first-order valence-electron chi connectivity index (χ1n) is 8.01. The summed E-state index contributed by atoms with van der Waals surface area (Å²) >= 11 is 0. The lowest BCUT2D eigenvalue weighted by molar-refractivity contribution is -0.136. The average Bonchev–Trinajstić information content (AvgIpc) is 2.59. The molecule has 25 heavy (non-hydrogen) atoms. The second kappa shape index (κ2) is 6.64. The van der Waals surface area contributed by atoms with Gasteiger partial charge in [-0.05, 0) is 23.8 Å². The van der Waals surface area contributed by atoms with Crippen LogP contribution in [0.25, 0.3) is 0 Å². The fourth-order valence-electron chi connectivity index (χ4n) is 3.25. The van der Waals surface area contributed by atoms with E-state index >= 15 is 0 Å². The zero-order valence-corrected chi connectivity index (χ0v) is 15.0. The number of anilines is 1. The van der Waals surface area contributed by atoms with Crippen LogP contribution in [0.2, 0.25) is 0 Å². The molecular weight excluding hydrogens is 346 g/mol. The predicted molar refractivity (Wildman–Crippen MR) is 92.0 cm³/mol. The Morgan fingerprint density at radius 3 is 2.52 bits per heavy atom. The molecule has 136 valence electrons. The van der Waals surface area contributed by atoms with E-state index in [1.807, 2.05) is 0 Å². The molecule has 2 heterocycles. The highest BCUT2D eigenvalue weighted by Gasteiger charge is 2.35. The molecule has 1 saturated heterocycles. The number of methoxy groups -OCH3 is 1. The summed E-state index contributed by atoms with van der Waals surface area (Å²) in [5.74, 6) is -0.318. The third kappa shape index (κ3) is 3.62. The van der Waals surface area contributed by atoms with Crippen molar-refractivity contribution >= 4 is 27.5 Å². The molecule has 2 amide bonds. The number of ether oxygens (including phenoxy) is 1. The number of benzene rings is 1. The van der Waals surface area contributed by atoms with Crippen LogP contribution in [-0.4, -0.2) is 69.0 Å². The van der Waals surface area contributed by atoms with E-state index in [9.17, 15) is 18.0 Å². The molecule has 2 aliphatic rings. The molecule has 0 aromatic heterocycles. The van der Waals surface area contributed by atoms with E-state index in [4.69, 9.17) is 4.74 Å². The minimum absolute atomic E-state index is 0.0747. The zero-order chi connectivity index (χ0) is 18.2. The van der Waals surface area contributed by atoms with E-state index < -0.39 is 15.9 Å². The second-order valence-electron chi connectivity index (χ2n) is 6.25. The summed E-state index contributed by atoms with van der Waals surface area (Å²) in [4.78, 5) is 26.5. The zero-order valence-electron chi connectivity index (χ0n) is 14.2. The van der Waals surface area contributed by atoms with Crippen LogP contribution in [0.5, 0.6) is 5.75 Å². The Kier molecular flexibility index (Phi) is 4.70. The molecule has 3 rings (SSSR count). The summed E-state index contributed by atoms with van der Waals surface area (Å²) in [5, 5.41) is 2.77. The number of sulfonamides is 1. The highest BCUT2D eigenvalue weighted by atomic mass is 32.2. The van der Waals surface area contributed by atoms with Crippen LogP contribution < -0.4 is 10.1 Å². The maximum absolute atomic E-state index is 13.0. The van der Waals surface area contributed by atoms with Crippen LogP contribution in [-0.2, 0) is 19.6 Å². The van der Waals surface area contributed by atoms with Gasteiger partial charge >= 0.3 is 0 Å². The topological polar surface area (TPSA) is 96.0 Å². The van der Waals surface area contributed by atoms with Gasteiger partial charge in [0.1, 0.15) is 5.75 Å². The Hall–Kier alpha value is -2.13. The number of piperazine rings is 1. The van der Waals surface area contributed by atoms with Crippen LogP contribution in [0.4, 0.5) is 5.69 Å². The Labute approximate surface area is 146 Å². The number of carbonyl (C=O) groups is 2. The lowest BCUT2D eigenvalue weighted by atomic mass is 9.89. The van der Waals surface area contributed by atoms with E-state index in [0.717, 1.165) is 5.56 Å². The first-order valence-corrected chi connectivity index (χ1v) is 9.86. The first kappa shape index (κ1) is 17.7. The predicted octanol–water partition coefficient (Wildman–Crippen LogP) is 0.225. The normalized spacial score (nSPS) is 21.4. The SMILES string of the molecule is COc1ccc2c(c1)[C@H](C(=O)N1CCN(S(C)(=O)=O)CC1)CC(=O)N2. The molecule has 0 unspecified atom stereocenters. The van der Waals surface area contributed by atoms with Crippen molar-refractivity contribution in [1.29, 1.82) is 0 Å². The summed E-state index contributed by atoms with van der Waals surface area (Å²) in [5.41, 5.74) is 1.35. The Morgan fingerprint density at radius 2 is 1.92 bits per heavy atom. The van der Waals surface area contributed by atoms with Crippen molar-refractivity contribution in [3.8, 4) is 5.75 Å². The van der Waals surface area contributed by atoms with Gasteiger partial charge in [0.15, 0.2) is 0 Å². The molecule has 1 N–H and O–H groups in total. The Morgan fingerprint density at radius 1 is 1.24 bits per heavy atom. The number of amides is 2. The molecule has 1 atom stereocenters. The van der Waals surface area contributed by atoms with Crippen LogP contribution in [0.15, 0.2) is 18.2 Å². The highest BCUT2D eigenvalue weighted by molar-refractivity contribution is 7.88. The van der Waals surface area contributed by atoms with Crippen LogP contribution in [0.3, 0.4) is 0 Å². The van der Waals surface area contributed by atoms with Crippen LogP contribution in [0.1, 0.15) is 17.9 Å². The number of hydrogen-bond acceptors (Lipinski definition) is 5. The smallest absolute Gasteiger partial charge is 0.230 e. The largest absolute Gasteiger partial charge is 0.497 e. The van der Waals surface area contributed by atoms with Crippen molar-refractivity contribution in [2.75, 3.05) is 44.9 Å². The second-order valence-corrected chi connectivity index (χ2v) is 8.23. The van der Waals surface area contributed by atoms with Gasteiger partial charge in [-0.15, -0.1) is 0 Å². The van der Waals surface area contributed by atoms with Gasteiger partial charge in [0.05, 0.1) is 19.3 Å². The summed E-state index contributed by atoms with van der Waals surface area (Å²) in [6.07, 6.45) is 1.24. The van der Waals surface area contributed by atoms with Crippen molar-refractivity contribution in [3.63, 3.8) is 0 Å². The number of nitrogens with zero attached hydrogens (tertiary/aromatic N) is 2. The van der Waals surface area contributed by atoms with Crippen LogP contribution >= 0.6 is 0 Å². The first-order chi connectivity index (χ1) is 11.8. The Bertz CT molecular complexity index is 800. The maximum atomic E-state index is 13.0. The molecule has 1 aromatic rings. The molecule has 1 aromatic carbocycles. The van der Waals surface area contributed by atoms with E-state index in [1.165, 1.54) is 10.6 Å². The average molecular weight is 367 g/mol. The molecule has 0 bridgehead atoms. The molecule has 0 saturated carbocycles. The van der Waals surface area contributed by atoms with Gasteiger partial charge in [-0.25, -0.2) is 8.42 Å². The maximum Gasteiger partial charge on any atom is 0.230 e. The monoisotopic (exact) mass is 367 g/mol. The van der Waals surface area contributed by atoms with Crippen molar-refractivity contribution in [2.45, 2.75) is 12.3 Å². The molecule has 9 heteroatoms. The summed E-state index contributed by atoms with van der Waals surface area (Å²) in [6, 6.07) is 5.23. The fourth-order valence-corrected chi connectivity index (χ4v) is 4.07. The quantitative estimate of drug-likeness (QED) is 0.825. The molecule has 0 aliphatic carbocycles. The van der Waals surface area contributed by atoms with Crippen molar-refractivity contribution < 1.29 is 22.7 Å². The molecule has 0 radical (unpaired) electrons. The van der Waals surface area contributed by atoms with Crippen LogP contribution in [0, 0.1) is 0 Å². The number of carbonyl (C=O) groups excluding carboxylic acids is 2. The third-order valence-electron chi connectivity index (χ3n) is 4.62. The number of nitrogens with one attached hydrogen (secondary N) is 1. The van der Waals surface area contributed by atoms with Gasteiger partial charge < -0.3 is 15.0 Å². The number of hydrogen-bond donors (Lipinski definition) is 1. The summed E-state index contributed by atoms with van der Waals surface area (Å²) in [7, 11) is -1.71. The minimum Gasteiger partial charge on any atom is -0.497 e. The van der Waals surface area contributed by atoms with E-state index in [2.05, 4.69) is 5.32 Å². The van der Waals surface area contributed by atoms with E-state index in [0.29, 0.717) is 24.5 Å². The standard InChI is InChI=1S/C16H21N3O5S/c1-24-11-3-4-14-12(9-11)13(10-15(20)17-14)16(21)18-5-7-19(8-6-18)25(2,22)23/h3-4,9,13H,5-8,10H2,1-2H3,(H,17,20)/t13-/m1/s1. The number of rotatable bonds is 3. The van der Waals surface area contributed by atoms with Gasteiger partial charge in [-0.2, -0.15) is 4.31 Å². The molecule has 2 aliphatic heterocycles. The molecular formula is C16H21N3O5S. The van der Waals surface area contributed by atoms with Crippen molar-refractivity contribution in [1.82, 2.24) is 9.21 Å². The number of fused-ring (bicyclic) bond motifs is 1. The fraction of sp³-hybridized carbons (Fsp3) is 0.500. The van der Waals surface area contributed by atoms with Gasteiger partial charge in [-0.3, -0.25) is 9.59 Å². The molecule has 1 fully saturated rings. The lowest BCUT2D eigenvalue weighted by Crippen LogP contribution is -2.51. The third-order valence-corrected chi connectivity index (χ3v) is 5.92. The highest BCUT2D eigenvalue weighted by Crippen LogP contribution is 2.36.